The summed E-state index contributed by atoms with van der Waals surface area (Å²) in [6, 6.07) is 2.87. The molecule has 31 heavy (non-hydrogen) atoms. The Balaban J connectivity index is 2.02. The summed E-state index contributed by atoms with van der Waals surface area (Å²) in [5.41, 5.74) is 7.34. The minimum atomic E-state index is -2.98. The van der Waals surface area contributed by atoms with Gasteiger partial charge in [0.2, 0.25) is 0 Å². The summed E-state index contributed by atoms with van der Waals surface area (Å²) >= 11 is 0. The number of halogens is 1. The molecular formula is C20H26FN7O2S. The number of nitrogens with two attached hydrogens (primary N) is 1. The molecule has 0 radical (unpaired) electrons. The van der Waals surface area contributed by atoms with Crippen molar-refractivity contribution in [1.82, 2.24) is 15.1 Å². The molecule has 0 spiro atoms. The lowest BCUT2D eigenvalue weighted by atomic mass is 9.98. The summed E-state index contributed by atoms with van der Waals surface area (Å²) in [6.45, 7) is 2.83. The highest BCUT2D eigenvalue weighted by Gasteiger charge is 2.25. The van der Waals surface area contributed by atoms with Crippen LogP contribution in [0.25, 0.3) is 16.6 Å². The quantitative estimate of drug-likeness (QED) is 0.437. The van der Waals surface area contributed by atoms with E-state index < -0.39 is 21.6 Å². The zero-order valence-corrected chi connectivity index (χ0v) is 18.2. The number of hydrogen-bond donors (Lipinski definition) is 3. The van der Waals surface area contributed by atoms with E-state index in [0.29, 0.717) is 40.9 Å². The van der Waals surface area contributed by atoms with Crippen molar-refractivity contribution in [3.63, 3.8) is 0 Å². The molecule has 9 nitrogen and oxygen atoms in total. The molecule has 0 saturated carbocycles. The summed E-state index contributed by atoms with van der Waals surface area (Å²) < 4.78 is 38.0. The van der Waals surface area contributed by atoms with Crippen LogP contribution in [0.4, 0.5) is 4.39 Å². The third-order valence-corrected chi connectivity index (χ3v) is 6.95. The predicted molar refractivity (Wildman–Crippen MR) is 122 cm³/mol. The van der Waals surface area contributed by atoms with Crippen LogP contribution in [0.1, 0.15) is 24.1 Å². The highest BCUT2D eigenvalue weighted by molar-refractivity contribution is 7.91. The number of benzene rings is 1. The fourth-order valence-corrected chi connectivity index (χ4v) is 4.84. The summed E-state index contributed by atoms with van der Waals surface area (Å²) in [7, 11) is -1.41. The van der Waals surface area contributed by atoms with Crippen molar-refractivity contribution in [3.8, 4) is 0 Å². The highest BCUT2D eigenvalue weighted by Crippen LogP contribution is 2.29. The first kappa shape index (κ1) is 22.8. The molecule has 0 amide bonds. The van der Waals surface area contributed by atoms with Crippen molar-refractivity contribution in [2.24, 2.45) is 15.7 Å². The molecule has 1 aromatic heterocycles. The lowest BCUT2D eigenvalue weighted by Crippen LogP contribution is -2.44. The molecule has 2 heterocycles. The largest absolute Gasteiger partial charge is 0.390 e. The average Bonchev–Trinajstić information content (AvgIpc) is 3.13. The number of hydrogen-bond acceptors (Lipinski definition) is 7. The van der Waals surface area contributed by atoms with E-state index in [1.54, 1.807) is 13.1 Å². The molecule has 11 heteroatoms. The number of fused-ring (bicyclic) bond motifs is 1. The van der Waals surface area contributed by atoms with Gasteiger partial charge in [0.25, 0.3) is 0 Å². The Hall–Kier alpha value is -2.92. The van der Waals surface area contributed by atoms with E-state index in [2.05, 4.69) is 25.1 Å². The first-order valence-electron chi connectivity index (χ1n) is 9.81. The fourth-order valence-electron chi connectivity index (χ4n) is 3.61. The van der Waals surface area contributed by atoms with Gasteiger partial charge in [0.1, 0.15) is 11.5 Å². The number of nitrogens with one attached hydrogen (secondary N) is 2. The maximum absolute atomic E-state index is 14.6. The van der Waals surface area contributed by atoms with E-state index in [9.17, 15) is 12.8 Å². The molecule has 1 aliphatic rings. The van der Waals surface area contributed by atoms with Crippen molar-refractivity contribution in [2.75, 3.05) is 31.6 Å². The predicted octanol–water partition coefficient (Wildman–Crippen LogP) is 1.58. The topological polar surface area (TPSA) is 141 Å². The number of aromatic nitrogens is 2. The normalized spacial score (nSPS) is 19.9. The molecule has 1 aliphatic heterocycles. The maximum atomic E-state index is 14.6. The van der Waals surface area contributed by atoms with Crippen LogP contribution >= 0.6 is 0 Å². The van der Waals surface area contributed by atoms with Crippen molar-refractivity contribution >= 4 is 45.2 Å². The number of sulfone groups is 1. The lowest BCUT2D eigenvalue weighted by Gasteiger charge is -2.30. The van der Waals surface area contributed by atoms with E-state index in [1.807, 2.05) is 13.0 Å². The van der Waals surface area contributed by atoms with Gasteiger partial charge >= 0.3 is 0 Å². The molecule has 1 fully saturated rings. The van der Waals surface area contributed by atoms with Gasteiger partial charge in [0, 0.05) is 49.6 Å². The van der Waals surface area contributed by atoms with Crippen LogP contribution in [-0.2, 0) is 9.84 Å². The van der Waals surface area contributed by atoms with Gasteiger partial charge in [-0.2, -0.15) is 5.10 Å². The molecule has 166 valence electrons. The van der Waals surface area contributed by atoms with Crippen molar-refractivity contribution in [1.29, 1.82) is 5.41 Å². The van der Waals surface area contributed by atoms with Gasteiger partial charge < -0.3 is 11.1 Å². The number of rotatable bonds is 7. The Bertz CT molecular complexity index is 1140. The monoisotopic (exact) mass is 447 g/mol. The van der Waals surface area contributed by atoms with Crippen LogP contribution in [0.3, 0.4) is 0 Å². The highest BCUT2D eigenvalue weighted by atomic mass is 32.2. The zero-order valence-electron chi connectivity index (χ0n) is 17.4. The zero-order chi connectivity index (χ0) is 22.6. The fraction of sp³-hybridized carbons (Fsp3) is 0.400. The molecule has 1 saturated heterocycles. The molecule has 2 aromatic rings. The van der Waals surface area contributed by atoms with Crippen LogP contribution in [0.2, 0.25) is 0 Å². The van der Waals surface area contributed by atoms with Gasteiger partial charge in [-0.25, -0.2) is 17.8 Å². The molecule has 4 N–H and O–H groups in total. The molecule has 2 atom stereocenters. The molecule has 3 rings (SSSR count). The van der Waals surface area contributed by atoms with Crippen molar-refractivity contribution in [2.45, 2.75) is 18.9 Å². The van der Waals surface area contributed by atoms with E-state index in [4.69, 9.17) is 11.1 Å². The van der Waals surface area contributed by atoms with Gasteiger partial charge in [-0.3, -0.25) is 15.0 Å². The van der Waals surface area contributed by atoms with Crippen LogP contribution in [0, 0.1) is 11.2 Å². The van der Waals surface area contributed by atoms with Crippen molar-refractivity contribution in [3.05, 3.63) is 35.3 Å². The van der Waals surface area contributed by atoms with Crippen LogP contribution in [-0.4, -0.2) is 80.0 Å². The SMILES string of the molecule is CN=CC(C=N)c1cc2c(/C(=C/C(C)N3CCS(=O)(=O)CC3)N=CN)n[nH]c2cc1F. The van der Waals surface area contributed by atoms with Crippen LogP contribution in [0.15, 0.2) is 28.2 Å². The second-order valence-corrected chi connectivity index (χ2v) is 9.65. The minimum absolute atomic E-state index is 0.109. The summed E-state index contributed by atoms with van der Waals surface area (Å²) in [5, 5.41) is 15.4. The third kappa shape index (κ3) is 5.05. The van der Waals surface area contributed by atoms with E-state index in [0.717, 1.165) is 12.6 Å². The maximum Gasteiger partial charge on any atom is 0.152 e. The first-order valence-corrected chi connectivity index (χ1v) is 11.6. The first-order chi connectivity index (χ1) is 14.8. The lowest BCUT2D eigenvalue weighted by molar-refractivity contribution is 0.261. The Labute approximate surface area is 180 Å². The summed E-state index contributed by atoms with van der Waals surface area (Å²) in [5.74, 6) is -0.819. The molecule has 0 aliphatic carbocycles. The van der Waals surface area contributed by atoms with E-state index >= 15 is 0 Å². The Morgan fingerprint density at radius 1 is 1.39 bits per heavy atom. The standard InChI is InChI=1S/C20H26FN7O2S/c1-13(28-3-5-31(29,30)6-4-28)7-19(25-12-23)20-16-8-15(14(10-22)11-24-2)17(21)9-18(16)26-27-20/h7-14,22H,3-6H2,1-2H3,(H2,23,25)(H,26,27)/b19-7-,22-10?,24-11?. The number of nitrogens with zero attached hydrogens (tertiary/aromatic N) is 4. The van der Waals surface area contributed by atoms with Crippen LogP contribution < -0.4 is 5.73 Å². The van der Waals surface area contributed by atoms with Gasteiger partial charge in [-0.1, -0.05) is 0 Å². The summed E-state index contributed by atoms with van der Waals surface area (Å²) in [4.78, 5) is 10.2. The van der Waals surface area contributed by atoms with Gasteiger partial charge in [-0.05, 0) is 25.1 Å². The Morgan fingerprint density at radius 2 is 2.10 bits per heavy atom. The Morgan fingerprint density at radius 3 is 2.71 bits per heavy atom. The summed E-state index contributed by atoms with van der Waals surface area (Å²) in [6.07, 6.45) is 5.65. The number of aromatic amines is 1. The second kappa shape index (κ2) is 9.48. The third-order valence-electron chi connectivity index (χ3n) is 5.34. The van der Waals surface area contributed by atoms with Gasteiger partial charge in [0.05, 0.1) is 35.0 Å². The number of aliphatic imine (C=N–C) groups is 2. The molecule has 2 unspecified atom stereocenters. The minimum Gasteiger partial charge on any atom is -0.390 e. The average molecular weight is 448 g/mol. The second-order valence-electron chi connectivity index (χ2n) is 7.35. The van der Waals surface area contributed by atoms with Crippen molar-refractivity contribution < 1.29 is 12.8 Å². The Kier molecular flexibility index (Phi) is 6.96. The number of H-pyrrole nitrogens is 1. The molecule has 0 bridgehead atoms. The van der Waals surface area contributed by atoms with Gasteiger partial charge in [-0.15, -0.1) is 0 Å². The smallest absolute Gasteiger partial charge is 0.152 e. The van der Waals surface area contributed by atoms with E-state index in [1.165, 1.54) is 12.3 Å². The van der Waals surface area contributed by atoms with E-state index in [-0.39, 0.29) is 17.5 Å². The molecule has 1 aromatic carbocycles. The van der Waals surface area contributed by atoms with Crippen LogP contribution in [0.5, 0.6) is 0 Å². The van der Waals surface area contributed by atoms with Gasteiger partial charge in [0.15, 0.2) is 9.84 Å². The molecular weight excluding hydrogens is 421 g/mol.